The summed E-state index contributed by atoms with van der Waals surface area (Å²) in [6, 6.07) is 0.352. The third-order valence-corrected chi connectivity index (χ3v) is 2.81. The van der Waals surface area contributed by atoms with Crippen LogP contribution in [0.15, 0.2) is 0 Å². The second-order valence-corrected chi connectivity index (χ2v) is 4.59. The zero-order valence-corrected chi connectivity index (χ0v) is 9.05. The minimum atomic E-state index is 0.132. The van der Waals surface area contributed by atoms with Crippen LogP contribution in [0.4, 0.5) is 0 Å². The van der Waals surface area contributed by atoms with Crippen LogP contribution in [0.1, 0.15) is 26.7 Å². The molecule has 0 aromatic carbocycles. The van der Waals surface area contributed by atoms with Gasteiger partial charge in [0.05, 0.1) is 6.61 Å². The molecule has 1 saturated heterocycles. The standard InChI is InChI=1S/C10H22N2O/c1-10(2,8-13-3)12-6-4-5-9(11)7-12/h9H,4-8,11H2,1-3H3. The van der Waals surface area contributed by atoms with E-state index >= 15 is 0 Å². The molecule has 0 amide bonds. The van der Waals surface area contributed by atoms with Crippen LogP contribution >= 0.6 is 0 Å². The van der Waals surface area contributed by atoms with Gasteiger partial charge in [-0.15, -0.1) is 0 Å². The van der Waals surface area contributed by atoms with Crippen LogP contribution in [-0.4, -0.2) is 43.3 Å². The molecule has 2 N–H and O–H groups in total. The minimum Gasteiger partial charge on any atom is -0.383 e. The highest BCUT2D eigenvalue weighted by molar-refractivity contribution is 4.86. The largest absolute Gasteiger partial charge is 0.383 e. The Morgan fingerprint density at radius 1 is 1.54 bits per heavy atom. The van der Waals surface area contributed by atoms with E-state index in [4.69, 9.17) is 10.5 Å². The number of nitrogens with two attached hydrogens (primary N) is 1. The Morgan fingerprint density at radius 2 is 2.23 bits per heavy atom. The summed E-state index contributed by atoms with van der Waals surface area (Å²) in [4.78, 5) is 2.44. The second kappa shape index (κ2) is 4.40. The lowest BCUT2D eigenvalue weighted by molar-refractivity contribution is 0.0175. The molecule has 1 fully saturated rings. The van der Waals surface area contributed by atoms with E-state index in [0.717, 1.165) is 19.7 Å². The number of methoxy groups -OCH3 is 1. The van der Waals surface area contributed by atoms with Crippen molar-refractivity contribution < 1.29 is 4.74 Å². The molecule has 3 nitrogen and oxygen atoms in total. The van der Waals surface area contributed by atoms with E-state index in [1.54, 1.807) is 7.11 Å². The first-order chi connectivity index (χ1) is 6.06. The Morgan fingerprint density at radius 3 is 2.77 bits per heavy atom. The van der Waals surface area contributed by atoms with Gasteiger partial charge in [-0.3, -0.25) is 4.90 Å². The van der Waals surface area contributed by atoms with E-state index in [-0.39, 0.29) is 5.54 Å². The monoisotopic (exact) mass is 186 g/mol. The van der Waals surface area contributed by atoms with Gasteiger partial charge in [-0.05, 0) is 33.2 Å². The first-order valence-electron chi connectivity index (χ1n) is 5.06. The predicted molar refractivity (Wildman–Crippen MR) is 54.7 cm³/mol. The van der Waals surface area contributed by atoms with Gasteiger partial charge in [0.25, 0.3) is 0 Å². The molecule has 1 rings (SSSR count). The molecule has 0 aliphatic carbocycles. The van der Waals surface area contributed by atoms with Crippen LogP contribution in [0.25, 0.3) is 0 Å². The predicted octanol–water partition coefficient (Wildman–Crippen LogP) is 0.835. The molecule has 1 aliphatic rings. The Hall–Kier alpha value is -0.120. The van der Waals surface area contributed by atoms with Gasteiger partial charge in [0.2, 0.25) is 0 Å². The zero-order valence-electron chi connectivity index (χ0n) is 9.05. The van der Waals surface area contributed by atoms with Gasteiger partial charge in [0.15, 0.2) is 0 Å². The summed E-state index contributed by atoms with van der Waals surface area (Å²) >= 11 is 0. The lowest BCUT2D eigenvalue weighted by Gasteiger charge is -2.42. The molecule has 1 atom stereocenters. The maximum atomic E-state index is 5.94. The summed E-state index contributed by atoms with van der Waals surface area (Å²) < 4.78 is 5.21. The molecular weight excluding hydrogens is 164 g/mol. The number of hydrogen-bond donors (Lipinski definition) is 1. The van der Waals surface area contributed by atoms with Gasteiger partial charge in [-0.2, -0.15) is 0 Å². The molecule has 3 heteroatoms. The fourth-order valence-electron chi connectivity index (χ4n) is 2.00. The van der Waals surface area contributed by atoms with Crippen LogP contribution in [0, 0.1) is 0 Å². The SMILES string of the molecule is COCC(C)(C)N1CCCC(N)C1. The van der Waals surface area contributed by atoms with Crippen molar-refractivity contribution in [3.05, 3.63) is 0 Å². The molecule has 1 unspecified atom stereocenters. The first kappa shape index (κ1) is 11.0. The summed E-state index contributed by atoms with van der Waals surface area (Å²) in [6.45, 7) is 7.38. The van der Waals surface area contributed by atoms with Crippen LogP contribution in [-0.2, 0) is 4.74 Å². The normalized spacial score (nSPS) is 26.3. The van der Waals surface area contributed by atoms with Crippen molar-refractivity contribution in [2.75, 3.05) is 26.8 Å². The third-order valence-electron chi connectivity index (χ3n) is 2.81. The van der Waals surface area contributed by atoms with E-state index < -0.39 is 0 Å². The molecule has 1 aliphatic heterocycles. The highest BCUT2D eigenvalue weighted by atomic mass is 16.5. The van der Waals surface area contributed by atoms with E-state index in [2.05, 4.69) is 18.7 Å². The van der Waals surface area contributed by atoms with Crippen molar-refractivity contribution in [1.82, 2.24) is 4.90 Å². The lowest BCUT2D eigenvalue weighted by atomic mass is 9.97. The summed E-state index contributed by atoms with van der Waals surface area (Å²) in [5.41, 5.74) is 6.07. The van der Waals surface area contributed by atoms with Crippen LogP contribution in [0.2, 0.25) is 0 Å². The summed E-state index contributed by atoms with van der Waals surface area (Å²) in [5.74, 6) is 0. The van der Waals surface area contributed by atoms with Crippen molar-refractivity contribution in [3.63, 3.8) is 0 Å². The number of hydrogen-bond acceptors (Lipinski definition) is 3. The van der Waals surface area contributed by atoms with Gasteiger partial charge in [0, 0.05) is 25.2 Å². The average Bonchev–Trinajstić information content (AvgIpc) is 2.04. The molecular formula is C10H22N2O. The Kier molecular flexibility index (Phi) is 3.71. The Labute approximate surface area is 81.2 Å². The molecule has 0 aromatic rings. The number of rotatable bonds is 3. The van der Waals surface area contributed by atoms with E-state index in [1.165, 1.54) is 12.8 Å². The quantitative estimate of drug-likeness (QED) is 0.709. The number of piperidine rings is 1. The minimum absolute atomic E-state index is 0.132. The lowest BCUT2D eigenvalue weighted by Crippen LogP contribution is -2.54. The van der Waals surface area contributed by atoms with Crippen molar-refractivity contribution in [2.45, 2.75) is 38.3 Å². The van der Waals surface area contributed by atoms with Crippen molar-refractivity contribution in [2.24, 2.45) is 5.73 Å². The fraction of sp³-hybridized carbons (Fsp3) is 1.00. The molecule has 0 aromatic heterocycles. The van der Waals surface area contributed by atoms with Gasteiger partial charge in [-0.1, -0.05) is 0 Å². The summed E-state index contributed by atoms with van der Waals surface area (Å²) in [6.07, 6.45) is 2.38. The van der Waals surface area contributed by atoms with E-state index in [9.17, 15) is 0 Å². The molecule has 0 radical (unpaired) electrons. The maximum Gasteiger partial charge on any atom is 0.0641 e. The number of ether oxygens (including phenoxy) is 1. The molecule has 1 heterocycles. The van der Waals surface area contributed by atoms with Crippen LogP contribution in [0.5, 0.6) is 0 Å². The molecule has 0 bridgehead atoms. The molecule has 0 saturated carbocycles. The second-order valence-electron chi connectivity index (χ2n) is 4.59. The van der Waals surface area contributed by atoms with E-state index in [1.807, 2.05) is 0 Å². The van der Waals surface area contributed by atoms with Crippen LogP contribution < -0.4 is 5.73 Å². The number of likely N-dealkylation sites (tertiary alicyclic amines) is 1. The summed E-state index contributed by atoms with van der Waals surface area (Å²) in [7, 11) is 1.76. The van der Waals surface area contributed by atoms with Gasteiger partial charge < -0.3 is 10.5 Å². The Balaban J connectivity index is 2.48. The van der Waals surface area contributed by atoms with Crippen molar-refractivity contribution in [1.29, 1.82) is 0 Å². The van der Waals surface area contributed by atoms with E-state index in [0.29, 0.717) is 6.04 Å². The zero-order chi connectivity index (χ0) is 9.90. The molecule has 78 valence electrons. The third kappa shape index (κ3) is 2.93. The van der Waals surface area contributed by atoms with Crippen molar-refractivity contribution in [3.8, 4) is 0 Å². The average molecular weight is 186 g/mol. The highest BCUT2D eigenvalue weighted by Gasteiger charge is 2.29. The van der Waals surface area contributed by atoms with Crippen molar-refractivity contribution >= 4 is 0 Å². The fourth-order valence-corrected chi connectivity index (χ4v) is 2.00. The molecule has 13 heavy (non-hydrogen) atoms. The topological polar surface area (TPSA) is 38.5 Å². The maximum absolute atomic E-state index is 5.94. The molecule has 0 spiro atoms. The first-order valence-corrected chi connectivity index (χ1v) is 5.06. The smallest absolute Gasteiger partial charge is 0.0641 e. The van der Waals surface area contributed by atoms with Gasteiger partial charge in [0.1, 0.15) is 0 Å². The van der Waals surface area contributed by atoms with Gasteiger partial charge in [-0.25, -0.2) is 0 Å². The summed E-state index contributed by atoms with van der Waals surface area (Å²) in [5, 5.41) is 0. The van der Waals surface area contributed by atoms with Crippen LogP contribution in [0.3, 0.4) is 0 Å². The number of nitrogens with zero attached hydrogens (tertiary/aromatic N) is 1. The highest BCUT2D eigenvalue weighted by Crippen LogP contribution is 2.20. The Bertz CT molecular complexity index is 159. The van der Waals surface area contributed by atoms with Gasteiger partial charge >= 0.3 is 0 Å².